The summed E-state index contributed by atoms with van der Waals surface area (Å²) >= 11 is 0. The molecule has 3 heterocycles. The van der Waals surface area contributed by atoms with Gasteiger partial charge in [-0.15, -0.1) is 0 Å². The van der Waals surface area contributed by atoms with Gasteiger partial charge in [-0.2, -0.15) is 0 Å². The summed E-state index contributed by atoms with van der Waals surface area (Å²) in [6, 6.07) is 33.2. The number of nitrogens with one attached hydrogen (secondary N) is 2. The van der Waals surface area contributed by atoms with Gasteiger partial charge in [0.2, 0.25) is 0 Å². The number of rotatable bonds is 4. The summed E-state index contributed by atoms with van der Waals surface area (Å²) in [6.07, 6.45) is 0. The molecular formula is C39H39N3. The number of hydrogen-bond donors (Lipinski definition) is 2. The van der Waals surface area contributed by atoms with Gasteiger partial charge in [-0.25, -0.2) is 4.98 Å². The van der Waals surface area contributed by atoms with Gasteiger partial charge in [-0.1, -0.05) is 106 Å². The molecule has 0 unspecified atom stereocenters. The number of aryl methyl sites for hydroxylation is 2. The maximum atomic E-state index is 5.33. The zero-order valence-electron chi connectivity index (χ0n) is 25.5. The Morgan fingerprint density at radius 1 is 0.500 bits per heavy atom. The molecule has 4 aromatic carbocycles. The molecule has 5 aromatic rings. The Morgan fingerprint density at radius 3 is 1.33 bits per heavy atom. The van der Waals surface area contributed by atoms with Gasteiger partial charge in [-0.3, -0.25) is 0 Å². The maximum Gasteiger partial charge on any atom is 0.0715 e. The van der Waals surface area contributed by atoms with Crippen LogP contribution in [-0.2, 0) is 10.8 Å². The Bertz CT molecular complexity index is 1730. The van der Waals surface area contributed by atoms with E-state index >= 15 is 0 Å². The highest BCUT2D eigenvalue weighted by molar-refractivity contribution is 5.93. The highest BCUT2D eigenvalue weighted by atomic mass is 14.9. The van der Waals surface area contributed by atoms with Crippen LogP contribution in [-0.4, -0.2) is 18.1 Å². The van der Waals surface area contributed by atoms with E-state index in [4.69, 9.17) is 4.98 Å². The number of nitrogens with zero attached hydrogens (tertiary/aromatic N) is 1. The predicted octanol–water partition coefficient (Wildman–Crippen LogP) is 9.77. The molecule has 2 N–H and O–H groups in total. The molecule has 210 valence electrons. The van der Waals surface area contributed by atoms with Gasteiger partial charge in [-0.05, 0) is 60.4 Å². The Labute approximate surface area is 250 Å². The lowest BCUT2D eigenvalue weighted by molar-refractivity contribution is 0.585. The summed E-state index contributed by atoms with van der Waals surface area (Å²) in [5, 5.41) is 7.46. The van der Waals surface area contributed by atoms with Crippen LogP contribution in [0, 0.1) is 13.8 Å². The highest BCUT2D eigenvalue weighted by Crippen LogP contribution is 2.47. The van der Waals surface area contributed by atoms with Crippen molar-refractivity contribution in [3.05, 3.63) is 113 Å². The molecule has 3 nitrogen and oxygen atoms in total. The van der Waals surface area contributed by atoms with E-state index in [-0.39, 0.29) is 10.8 Å². The van der Waals surface area contributed by atoms with E-state index in [1.807, 2.05) is 0 Å². The standard InChI is InChI=1S/C39H39N3/c1-24-18-30(36-32(20-24)38(3,4)22-40-36)26-12-7-9-14-28(26)34-16-11-17-35(42-34)29-15-10-8-13-27(29)31-19-25(2)21-33-37(31)41-23-39(33,5)6/h7-21,40-41H,22-23H2,1-6H3. The summed E-state index contributed by atoms with van der Waals surface area (Å²) in [5.41, 5.74) is 17.3. The molecule has 1 aromatic heterocycles. The third-order valence-electron chi connectivity index (χ3n) is 9.17. The first-order valence-corrected chi connectivity index (χ1v) is 15.1. The largest absolute Gasteiger partial charge is 0.383 e. The average Bonchev–Trinajstić information content (AvgIpc) is 3.46. The Hall–Kier alpha value is -4.37. The number of hydrogen-bond acceptors (Lipinski definition) is 3. The van der Waals surface area contributed by atoms with Crippen LogP contribution >= 0.6 is 0 Å². The molecule has 2 aliphatic heterocycles. The second kappa shape index (κ2) is 9.59. The van der Waals surface area contributed by atoms with Crippen molar-refractivity contribution in [3.63, 3.8) is 0 Å². The minimum absolute atomic E-state index is 0.104. The van der Waals surface area contributed by atoms with Crippen LogP contribution in [0.5, 0.6) is 0 Å². The molecule has 0 spiro atoms. The number of benzene rings is 4. The van der Waals surface area contributed by atoms with E-state index in [0.717, 1.165) is 35.6 Å². The van der Waals surface area contributed by atoms with Crippen LogP contribution in [0.15, 0.2) is 91.0 Å². The van der Waals surface area contributed by atoms with E-state index in [2.05, 4.69) is 143 Å². The quantitative estimate of drug-likeness (QED) is 0.234. The van der Waals surface area contributed by atoms with Gasteiger partial charge < -0.3 is 10.6 Å². The molecule has 0 aliphatic carbocycles. The van der Waals surface area contributed by atoms with Crippen LogP contribution in [0.3, 0.4) is 0 Å². The van der Waals surface area contributed by atoms with Gasteiger partial charge >= 0.3 is 0 Å². The van der Waals surface area contributed by atoms with Crippen molar-refractivity contribution in [1.82, 2.24) is 4.98 Å². The van der Waals surface area contributed by atoms with Crippen molar-refractivity contribution in [2.24, 2.45) is 0 Å². The summed E-state index contributed by atoms with van der Waals surface area (Å²) in [5.74, 6) is 0. The van der Waals surface area contributed by atoms with Gasteiger partial charge in [0, 0.05) is 57.5 Å². The van der Waals surface area contributed by atoms with Crippen LogP contribution < -0.4 is 10.6 Å². The normalized spacial score (nSPS) is 16.0. The molecule has 42 heavy (non-hydrogen) atoms. The fourth-order valence-corrected chi connectivity index (χ4v) is 6.87. The molecule has 0 atom stereocenters. The molecule has 7 rings (SSSR count). The van der Waals surface area contributed by atoms with Crippen LogP contribution in [0.1, 0.15) is 49.9 Å². The minimum Gasteiger partial charge on any atom is -0.383 e. The molecule has 2 aliphatic rings. The van der Waals surface area contributed by atoms with E-state index < -0.39 is 0 Å². The number of anilines is 2. The topological polar surface area (TPSA) is 37.0 Å². The van der Waals surface area contributed by atoms with Crippen molar-refractivity contribution >= 4 is 11.4 Å². The number of pyridine rings is 1. The summed E-state index contributed by atoms with van der Waals surface area (Å²) in [6.45, 7) is 15.6. The molecular weight excluding hydrogens is 510 g/mol. The van der Waals surface area contributed by atoms with Crippen LogP contribution in [0.25, 0.3) is 44.8 Å². The van der Waals surface area contributed by atoms with E-state index in [0.29, 0.717) is 0 Å². The Balaban J connectivity index is 1.37. The zero-order valence-corrected chi connectivity index (χ0v) is 25.5. The minimum atomic E-state index is 0.104. The second-order valence-corrected chi connectivity index (χ2v) is 13.4. The van der Waals surface area contributed by atoms with E-state index in [1.54, 1.807) is 0 Å². The molecule has 0 fully saturated rings. The fourth-order valence-electron chi connectivity index (χ4n) is 6.87. The maximum absolute atomic E-state index is 5.33. The van der Waals surface area contributed by atoms with Crippen molar-refractivity contribution in [2.75, 3.05) is 23.7 Å². The first-order chi connectivity index (χ1) is 20.1. The first-order valence-electron chi connectivity index (χ1n) is 15.1. The van der Waals surface area contributed by atoms with Gasteiger partial charge in [0.1, 0.15) is 0 Å². The lowest BCUT2D eigenvalue weighted by Crippen LogP contribution is -2.18. The summed E-state index contributed by atoms with van der Waals surface area (Å²) in [7, 11) is 0. The van der Waals surface area contributed by atoms with E-state index in [1.165, 1.54) is 55.9 Å². The Kier molecular flexibility index (Phi) is 6.06. The first kappa shape index (κ1) is 26.5. The fraction of sp³-hybridized carbons (Fsp3) is 0.256. The predicted molar refractivity (Wildman–Crippen MR) is 178 cm³/mol. The summed E-state index contributed by atoms with van der Waals surface area (Å²) < 4.78 is 0. The molecule has 0 saturated heterocycles. The van der Waals surface area contributed by atoms with Gasteiger partial charge in [0.15, 0.2) is 0 Å². The van der Waals surface area contributed by atoms with Crippen LogP contribution in [0.2, 0.25) is 0 Å². The smallest absolute Gasteiger partial charge is 0.0715 e. The molecule has 0 bridgehead atoms. The average molecular weight is 550 g/mol. The third kappa shape index (κ3) is 4.30. The number of fused-ring (bicyclic) bond motifs is 2. The van der Waals surface area contributed by atoms with E-state index in [9.17, 15) is 0 Å². The Morgan fingerprint density at radius 2 is 0.905 bits per heavy atom. The third-order valence-corrected chi connectivity index (χ3v) is 9.17. The molecule has 0 saturated carbocycles. The second-order valence-electron chi connectivity index (χ2n) is 13.4. The monoisotopic (exact) mass is 549 g/mol. The SMILES string of the molecule is Cc1cc(-c2ccccc2-c2cccc(-c3ccccc3-c3cc(C)cc4c3NCC4(C)C)n2)c2c(c1)C(C)(C)CN2. The van der Waals surface area contributed by atoms with Crippen molar-refractivity contribution in [2.45, 2.75) is 52.4 Å². The van der Waals surface area contributed by atoms with Crippen LogP contribution in [0.4, 0.5) is 11.4 Å². The molecule has 0 amide bonds. The van der Waals surface area contributed by atoms with Crippen molar-refractivity contribution < 1.29 is 0 Å². The van der Waals surface area contributed by atoms with Gasteiger partial charge in [0.25, 0.3) is 0 Å². The van der Waals surface area contributed by atoms with Crippen molar-refractivity contribution in [1.29, 1.82) is 0 Å². The lowest BCUT2D eigenvalue weighted by Gasteiger charge is -2.20. The van der Waals surface area contributed by atoms with Gasteiger partial charge in [0.05, 0.1) is 11.4 Å². The lowest BCUT2D eigenvalue weighted by atomic mass is 9.83. The molecule has 0 radical (unpaired) electrons. The molecule has 3 heteroatoms. The number of aromatic nitrogens is 1. The van der Waals surface area contributed by atoms with Crippen molar-refractivity contribution in [3.8, 4) is 44.8 Å². The highest BCUT2D eigenvalue weighted by Gasteiger charge is 2.33. The summed E-state index contributed by atoms with van der Waals surface area (Å²) in [4.78, 5) is 5.33. The zero-order chi connectivity index (χ0) is 29.2.